The van der Waals surface area contributed by atoms with E-state index in [2.05, 4.69) is 38.2 Å². The highest BCUT2D eigenvalue weighted by atomic mass is 31.2. The first kappa shape index (κ1) is 61.5. The number of carbonyl (C=O) groups is 2. The van der Waals surface area contributed by atoms with Crippen LogP contribution in [0, 0.1) is 0 Å². The summed E-state index contributed by atoms with van der Waals surface area (Å²) in [5, 5.41) is 0. The van der Waals surface area contributed by atoms with Gasteiger partial charge < -0.3 is 20.1 Å². The Morgan fingerprint density at radius 3 is 1.13 bits per heavy atom. The SMILES string of the molecule is CCCCCCCC/C=C\CCCCCCCCCC(=O)OCC(COP(=O)(O)OCCN)OC(=O)CCCCCCCCCCCCCCC/C=C\CCCCCCCCCC. The zero-order valence-corrected chi connectivity index (χ0v) is 42.2. The number of unbranched alkanes of at least 4 members (excludes halogenated alkanes) is 34. The van der Waals surface area contributed by atoms with Gasteiger partial charge in [0.1, 0.15) is 6.61 Å². The third-order valence-corrected chi connectivity index (χ3v) is 12.8. The third-order valence-electron chi connectivity index (χ3n) is 11.8. The van der Waals surface area contributed by atoms with Crippen LogP contribution in [-0.2, 0) is 32.7 Å². The van der Waals surface area contributed by atoms with Crippen molar-refractivity contribution >= 4 is 19.8 Å². The second kappa shape index (κ2) is 49.9. The van der Waals surface area contributed by atoms with Gasteiger partial charge in [-0.25, -0.2) is 4.57 Å². The lowest BCUT2D eigenvalue weighted by Crippen LogP contribution is -2.29. The Morgan fingerprint density at radius 2 is 0.778 bits per heavy atom. The maximum absolute atomic E-state index is 12.7. The average molecular weight is 912 g/mol. The summed E-state index contributed by atoms with van der Waals surface area (Å²) in [5.74, 6) is -0.821. The van der Waals surface area contributed by atoms with E-state index in [-0.39, 0.29) is 38.6 Å². The zero-order valence-electron chi connectivity index (χ0n) is 41.3. The number of ether oxygens (including phenoxy) is 2. The second-order valence-electron chi connectivity index (χ2n) is 18.1. The molecule has 0 spiro atoms. The molecule has 0 saturated carbocycles. The van der Waals surface area contributed by atoms with Crippen LogP contribution in [-0.4, -0.2) is 49.3 Å². The largest absolute Gasteiger partial charge is 0.472 e. The van der Waals surface area contributed by atoms with E-state index in [1.807, 2.05) is 0 Å². The molecule has 63 heavy (non-hydrogen) atoms. The molecule has 0 aromatic heterocycles. The van der Waals surface area contributed by atoms with Gasteiger partial charge in [0.15, 0.2) is 6.10 Å². The van der Waals surface area contributed by atoms with E-state index in [1.165, 1.54) is 193 Å². The Kier molecular flexibility index (Phi) is 48.7. The molecule has 0 radical (unpaired) electrons. The molecular weight excluding hydrogens is 810 g/mol. The van der Waals surface area contributed by atoms with Crippen molar-refractivity contribution in [3.63, 3.8) is 0 Å². The number of hydrogen-bond acceptors (Lipinski definition) is 8. The van der Waals surface area contributed by atoms with Crippen molar-refractivity contribution in [2.24, 2.45) is 5.73 Å². The number of allylic oxidation sites excluding steroid dienone is 4. The summed E-state index contributed by atoms with van der Waals surface area (Å²) >= 11 is 0. The average Bonchev–Trinajstić information content (AvgIpc) is 3.27. The minimum atomic E-state index is -4.38. The topological polar surface area (TPSA) is 134 Å². The molecule has 0 fully saturated rings. The van der Waals surface area contributed by atoms with E-state index >= 15 is 0 Å². The van der Waals surface area contributed by atoms with Crippen molar-refractivity contribution in [1.82, 2.24) is 0 Å². The number of phosphoric ester groups is 1. The van der Waals surface area contributed by atoms with Gasteiger partial charge in [0.05, 0.1) is 13.2 Å². The van der Waals surface area contributed by atoms with Crippen molar-refractivity contribution < 1.29 is 37.6 Å². The molecule has 372 valence electrons. The monoisotopic (exact) mass is 912 g/mol. The molecule has 0 bridgehead atoms. The maximum atomic E-state index is 12.7. The van der Waals surface area contributed by atoms with Crippen LogP contribution in [0.3, 0.4) is 0 Å². The molecule has 9 nitrogen and oxygen atoms in total. The van der Waals surface area contributed by atoms with E-state index < -0.39 is 26.5 Å². The second-order valence-corrected chi connectivity index (χ2v) is 19.5. The first-order valence-electron chi connectivity index (χ1n) is 26.8. The number of phosphoric acid groups is 1. The van der Waals surface area contributed by atoms with Crippen LogP contribution >= 0.6 is 7.82 Å². The normalized spacial score (nSPS) is 13.3. The van der Waals surface area contributed by atoms with E-state index in [0.29, 0.717) is 6.42 Å². The molecule has 0 aliphatic heterocycles. The number of rotatable bonds is 51. The fraction of sp³-hybridized carbons (Fsp3) is 0.887. The van der Waals surface area contributed by atoms with Crippen molar-refractivity contribution in [3.05, 3.63) is 24.3 Å². The van der Waals surface area contributed by atoms with Gasteiger partial charge in [-0.2, -0.15) is 0 Å². The lowest BCUT2D eigenvalue weighted by atomic mass is 10.0. The predicted molar refractivity (Wildman–Crippen MR) is 266 cm³/mol. The Labute approximate surface area is 389 Å². The summed E-state index contributed by atoms with van der Waals surface area (Å²) in [4.78, 5) is 35.1. The van der Waals surface area contributed by atoms with E-state index in [1.54, 1.807) is 0 Å². The van der Waals surface area contributed by atoms with Crippen LogP contribution in [0.1, 0.15) is 271 Å². The van der Waals surface area contributed by atoms with Crippen LogP contribution in [0.4, 0.5) is 0 Å². The Bertz CT molecular complexity index is 1090. The summed E-state index contributed by atoms with van der Waals surface area (Å²) in [6, 6.07) is 0. The summed E-state index contributed by atoms with van der Waals surface area (Å²) in [5.41, 5.74) is 5.37. The number of esters is 2. The van der Waals surface area contributed by atoms with Crippen LogP contribution in [0.25, 0.3) is 0 Å². The van der Waals surface area contributed by atoms with Crippen LogP contribution in [0.5, 0.6) is 0 Å². The lowest BCUT2D eigenvalue weighted by Gasteiger charge is -2.19. The summed E-state index contributed by atoms with van der Waals surface area (Å²) < 4.78 is 33.0. The summed E-state index contributed by atoms with van der Waals surface area (Å²) in [6.45, 7) is 3.77. The van der Waals surface area contributed by atoms with Crippen LogP contribution in [0.2, 0.25) is 0 Å². The van der Waals surface area contributed by atoms with Crippen molar-refractivity contribution in [1.29, 1.82) is 0 Å². The molecule has 0 aromatic carbocycles. The minimum Gasteiger partial charge on any atom is -0.462 e. The first-order chi connectivity index (χ1) is 30.8. The van der Waals surface area contributed by atoms with Gasteiger partial charge in [-0.1, -0.05) is 218 Å². The maximum Gasteiger partial charge on any atom is 0.472 e. The molecule has 0 rings (SSSR count). The molecule has 0 aliphatic rings. The molecule has 10 heteroatoms. The Morgan fingerprint density at radius 1 is 0.460 bits per heavy atom. The van der Waals surface area contributed by atoms with Gasteiger partial charge in [-0.15, -0.1) is 0 Å². The van der Waals surface area contributed by atoms with Crippen molar-refractivity contribution in [3.8, 4) is 0 Å². The summed E-state index contributed by atoms with van der Waals surface area (Å²) in [6.07, 6.45) is 56.5. The fourth-order valence-electron chi connectivity index (χ4n) is 7.80. The van der Waals surface area contributed by atoms with Gasteiger partial charge in [0.2, 0.25) is 0 Å². The molecule has 0 saturated heterocycles. The van der Waals surface area contributed by atoms with E-state index in [0.717, 1.165) is 44.9 Å². The molecule has 0 amide bonds. The van der Waals surface area contributed by atoms with Crippen LogP contribution < -0.4 is 5.73 Å². The van der Waals surface area contributed by atoms with E-state index in [4.69, 9.17) is 24.3 Å². The number of hydrogen-bond donors (Lipinski definition) is 2. The van der Waals surface area contributed by atoms with Gasteiger partial charge in [0.25, 0.3) is 0 Å². The zero-order chi connectivity index (χ0) is 46.0. The number of carbonyl (C=O) groups excluding carboxylic acids is 2. The molecule has 0 heterocycles. The van der Waals surface area contributed by atoms with Gasteiger partial charge in [-0.05, 0) is 64.2 Å². The highest BCUT2D eigenvalue weighted by molar-refractivity contribution is 7.47. The minimum absolute atomic E-state index is 0.0546. The molecule has 2 unspecified atom stereocenters. The highest BCUT2D eigenvalue weighted by Crippen LogP contribution is 2.43. The Balaban J connectivity index is 3.98. The lowest BCUT2D eigenvalue weighted by molar-refractivity contribution is -0.161. The van der Waals surface area contributed by atoms with Crippen molar-refractivity contribution in [2.75, 3.05) is 26.4 Å². The molecule has 3 N–H and O–H groups in total. The quantitative estimate of drug-likeness (QED) is 0.0265. The first-order valence-corrected chi connectivity index (χ1v) is 28.3. The molecule has 0 aromatic rings. The van der Waals surface area contributed by atoms with Gasteiger partial charge in [0, 0.05) is 19.4 Å². The van der Waals surface area contributed by atoms with Crippen molar-refractivity contribution in [2.45, 2.75) is 277 Å². The highest BCUT2D eigenvalue weighted by Gasteiger charge is 2.26. The number of nitrogens with two attached hydrogens (primary N) is 1. The van der Waals surface area contributed by atoms with Crippen LogP contribution in [0.15, 0.2) is 24.3 Å². The standard InChI is InChI=1S/C53H102NO8P/c1-3-5-7-9-11-13-15-17-19-21-22-23-24-25-26-27-28-30-32-34-36-38-40-42-44-46-53(56)62-51(50-61-63(57,58)60-48-47-54)49-59-52(55)45-43-41-39-37-35-33-31-29-20-18-16-14-12-10-8-6-4-2/h18,20-22,51H,3-17,19,23-50,54H2,1-2H3,(H,57,58)/b20-18-,22-21-. The summed E-state index contributed by atoms with van der Waals surface area (Å²) in [7, 11) is -4.38. The van der Waals surface area contributed by atoms with E-state index in [9.17, 15) is 19.0 Å². The van der Waals surface area contributed by atoms with Gasteiger partial charge >= 0.3 is 19.8 Å². The fourth-order valence-corrected chi connectivity index (χ4v) is 8.57. The molecule has 2 atom stereocenters. The third kappa shape index (κ3) is 49.8. The van der Waals surface area contributed by atoms with Gasteiger partial charge in [-0.3, -0.25) is 18.6 Å². The smallest absolute Gasteiger partial charge is 0.462 e. The molecular formula is C53H102NO8P. The molecule has 0 aliphatic carbocycles. The Hall–Kier alpha value is -1.51. The predicted octanol–water partition coefficient (Wildman–Crippen LogP) is 16.3.